The maximum absolute atomic E-state index is 11.7. The van der Waals surface area contributed by atoms with Crippen LogP contribution in [0.15, 0.2) is 6.20 Å². The van der Waals surface area contributed by atoms with Gasteiger partial charge in [0.25, 0.3) is 0 Å². The Labute approximate surface area is 98.8 Å². The van der Waals surface area contributed by atoms with E-state index in [0.717, 1.165) is 6.54 Å². The SMILES string of the molecule is CCN1CC(C)C(=O)Nc2cnc(Cl)nc21. The quantitative estimate of drug-likeness (QED) is 0.757. The third kappa shape index (κ3) is 1.95. The number of amides is 1. The lowest BCUT2D eigenvalue weighted by Gasteiger charge is -2.22. The first-order valence-corrected chi connectivity index (χ1v) is 5.58. The summed E-state index contributed by atoms with van der Waals surface area (Å²) in [6, 6.07) is 0. The molecule has 86 valence electrons. The molecular formula is C10H13ClN4O. The molecule has 1 aromatic heterocycles. The van der Waals surface area contributed by atoms with Crippen molar-refractivity contribution in [1.82, 2.24) is 9.97 Å². The third-order valence-corrected chi connectivity index (χ3v) is 2.80. The van der Waals surface area contributed by atoms with Gasteiger partial charge in [0.2, 0.25) is 11.2 Å². The van der Waals surface area contributed by atoms with Crippen molar-refractivity contribution in [2.45, 2.75) is 13.8 Å². The smallest absolute Gasteiger partial charge is 0.229 e. The monoisotopic (exact) mass is 240 g/mol. The van der Waals surface area contributed by atoms with E-state index in [1.165, 1.54) is 0 Å². The third-order valence-electron chi connectivity index (χ3n) is 2.62. The van der Waals surface area contributed by atoms with Crippen LogP contribution in [0.5, 0.6) is 0 Å². The topological polar surface area (TPSA) is 58.1 Å². The van der Waals surface area contributed by atoms with Gasteiger partial charge in [-0.15, -0.1) is 0 Å². The first-order valence-electron chi connectivity index (χ1n) is 5.20. The Kier molecular flexibility index (Phi) is 2.96. The molecular weight excluding hydrogens is 228 g/mol. The standard InChI is InChI=1S/C10H13ClN4O/c1-3-15-5-6(2)9(16)13-7-4-12-10(11)14-8(7)15/h4,6H,3,5H2,1-2H3,(H,13,16). The van der Waals surface area contributed by atoms with Crippen molar-refractivity contribution in [2.75, 3.05) is 23.3 Å². The molecule has 0 aromatic carbocycles. The van der Waals surface area contributed by atoms with Crippen LogP contribution in [0.4, 0.5) is 11.5 Å². The zero-order valence-corrected chi connectivity index (χ0v) is 9.95. The molecule has 0 saturated heterocycles. The summed E-state index contributed by atoms with van der Waals surface area (Å²) in [7, 11) is 0. The number of rotatable bonds is 1. The molecule has 0 spiro atoms. The highest BCUT2D eigenvalue weighted by Gasteiger charge is 2.25. The van der Waals surface area contributed by atoms with Crippen LogP contribution in [0, 0.1) is 5.92 Å². The van der Waals surface area contributed by atoms with Crippen molar-refractivity contribution >= 4 is 29.0 Å². The van der Waals surface area contributed by atoms with E-state index in [4.69, 9.17) is 11.6 Å². The number of fused-ring (bicyclic) bond motifs is 1. The maximum Gasteiger partial charge on any atom is 0.229 e. The van der Waals surface area contributed by atoms with Crippen molar-refractivity contribution in [1.29, 1.82) is 0 Å². The fourth-order valence-electron chi connectivity index (χ4n) is 1.72. The summed E-state index contributed by atoms with van der Waals surface area (Å²) in [5, 5.41) is 2.99. The summed E-state index contributed by atoms with van der Waals surface area (Å²) in [6.45, 7) is 5.32. The summed E-state index contributed by atoms with van der Waals surface area (Å²) in [4.78, 5) is 21.8. The molecule has 0 aliphatic carbocycles. The fourth-order valence-corrected chi connectivity index (χ4v) is 1.84. The summed E-state index contributed by atoms with van der Waals surface area (Å²) in [6.07, 6.45) is 1.54. The highest BCUT2D eigenvalue weighted by atomic mass is 35.5. The highest BCUT2D eigenvalue weighted by Crippen LogP contribution is 2.27. The van der Waals surface area contributed by atoms with Gasteiger partial charge in [-0.1, -0.05) is 6.92 Å². The van der Waals surface area contributed by atoms with E-state index in [1.54, 1.807) is 6.20 Å². The lowest BCUT2D eigenvalue weighted by Crippen LogP contribution is -2.30. The summed E-state index contributed by atoms with van der Waals surface area (Å²) < 4.78 is 0. The summed E-state index contributed by atoms with van der Waals surface area (Å²) >= 11 is 5.76. The van der Waals surface area contributed by atoms with Crippen LogP contribution in [-0.4, -0.2) is 29.0 Å². The number of carbonyl (C=O) groups is 1. The molecule has 2 rings (SSSR count). The van der Waals surface area contributed by atoms with Gasteiger partial charge >= 0.3 is 0 Å². The Morgan fingerprint density at radius 3 is 3.12 bits per heavy atom. The number of halogens is 1. The minimum Gasteiger partial charge on any atom is -0.354 e. The molecule has 1 aromatic rings. The Balaban J connectivity index is 2.46. The molecule has 1 N–H and O–H groups in total. The van der Waals surface area contributed by atoms with E-state index < -0.39 is 0 Å². The van der Waals surface area contributed by atoms with E-state index in [1.807, 2.05) is 18.7 Å². The van der Waals surface area contributed by atoms with Crippen LogP contribution in [-0.2, 0) is 4.79 Å². The number of hydrogen-bond donors (Lipinski definition) is 1. The Morgan fingerprint density at radius 1 is 1.69 bits per heavy atom. The molecule has 1 amide bonds. The van der Waals surface area contributed by atoms with Gasteiger partial charge in [0.1, 0.15) is 5.69 Å². The first kappa shape index (κ1) is 11.1. The molecule has 2 heterocycles. The van der Waals surface area contributed by atoms with Crippen molar-refractivity contribution in [3.8, 4) is 0 Å². The molecule has 0 bridgehead atoms. The van der Waals surface area contributed by atoms with E-state index in [2.05, 4.69) is 15.3 Å². The molecule has 5 nitrogen and oxygen atoms in total. The van der Waals surface area contributed by atoms with Gasteiger partial charge in [0.15, 0.2) is 5.82 Å². The second kappa shape index (κ2) is 4.25. The van der Waals surface area contributed by atoms with Crippen LogP contribution in [0.1, 0.15) is 13.8 Å². The average Bonchev–Trinajstić information content (AvgIpc) is 2.38. The first-order chi connectivity index (χ1) is 7.61. The zero-order valence-electron chi connectivity index (χ0n) is 9.20. The van der Waals surface area contributed by atoms with E-state index in [-0.39, 0.29) is 17.1 Å². The van der Waals surface area contributed by atoms with Crippen molar-refractivity contribution < 1.29 is 4.79 Å². The minimum atomic E-state index is -0.0760. The molecule has 16 heavy (non-hydrogen) atoms. The Morgan fingerprint density at radius 2 is 2.44 bits per heavy atom. The molecule has 1 atom stereocenters. The Bertz CT molecular complexity index is 423. The number of carbonyl (C=O) groups excluding carboxylic acids is 1. The van der Waals surface area contributed by atoms with Crippen LogP contribution < -0.4 is 10.2 Å². The number of anilines is 2. The molecule has 1 unspecified atom stereocenters. The zero-order chi connectivity index (χ0) is 11.7. The highest BCUT2D eigenvalue weighted by molar-refractivity contribution is 6.28. The maximum atomic E-state index is 11.7. The largest absolute Gasteiger partial charge is 0.354 e. The number of hydrogen-bond acceptors (Lipinski definition) is 4. The second-order valence-electron chi connectivity index (χ2n) is 3.81. The van der Waals surface area contributed by atoms with Crippen molar-refractivity contribution in [3.05, 3.63) is 11.5 Å². The van der Waals surface area contributed by atoms with Gasteiger partial charge in [-0.25, -0.2) is 4.98 Å². The number of nitrogens with zero attached hydrogens (tertiary/aromatic N) is 3. The molecule has 6 heteroatoms. The van der Waals surface area contributed by atoms with E-state index in [0.29, 0.717) is 18.1 Å². The van der Waals surface area contributed by atoms with Gasteiger partial charge in [0.05, 0.1) is 12.1 Å². The van der Waals surface area contributed by atoms with Gasteiger partial charge in [0, 0.05) is 13.1 Å². The molecule has 0 fully saturated rings. The van der Waals surface area contributed by atoms with Gasteiger partial charge in [-0.05, 0) is 18.5 Å². The lowest BCUT2D eigenvalue weighted by molar-refractivity contribution is -0.119. The average molecular weight is 241 g/mol. The minimum absolute atomic E-state index is 0.0110. The predicted molar refractivity (Wildman–Crippen MR) is 62.7 cm³/mol. The van der Waals surface area contributed by atoms with Crippen molar-refractivity contribution in [2.24, 2.45) is 5.92 Å². The Hall–Kier alpha value is -1.36. The van der Waals surface area contributed by atoms with Crippen LogP contribution >= 0.6 is 11.6 Å². The normalized spacial score (nSPS) is 20.1. The van der Waals surface area contributed by atoms with Crippen LogP contribution in [0.3, 0.4) is 0 Å². The lowest BCUT2D eigenvalue weighted by atomic mass is 10.1. The number of aromatic nitrogens is 2. The van der Waals surface area contributed by atoms with Crippen LogP contribution in [0.2, 0.25) is 5.28 Å². The molecule has 1 aliphatic rings. The number of nitrogens with one attached hydrogen (secondary N) is 1. The van der Waals surface area contributed by atoms with Crippen LogP contribution in [0.25, 0.3) is 0 Å². The van der Waals surface area contributed by atoms with Crippen molar-refractivity contribution in [3.63, 3.8) is 0 Å². The van der Waals surface area contributed by atoms with E-state index >= 15 is 0 Å². The van der Waals surface area contributed by atoms with Gasteiger partial charge in [-0.2, -0.15) is 4.98 Å². The molecule has 0 saturated carbocycles. The predicted octanol–water partition coefficient (Wildman–Crippen LogP) is 1.54. The van der Waals surface area contributed by atoms with Gasteiger partial charge < -0.3 is 10.2 Å². The molecule has 1 aliphatic heterocycles. The summed E-state index contributed by atoms with van der Waals surface area (Å²) in [5.41, 5.74) is 0.626. The van der Waals surface area contributed by atoms with Gasteiger partial charge in [-0.3, -0.25) is 4.79 Å². The molecule has 0 radical (unpaired) electrons. The van der Waals surface area contributed by atoms with E-state index in [9.17, 15) is 4.79 Å². The fraction of sp³-hybridized carbons (Fsp3) is 0.500. The summed E-state index contributed by atoms with van der Waals surface area (Å²) in [5.74, 6) is 0.608. The second-order valence-corrected chi connectivity index (χ2v) is 4.14.